The highest BCUT2D eigenvalue weighted by Crippen LogP contribution is 2.23. The number of anilines is 1. The summed E-state index contributed by atoms with van der Waals surface area (Å²) in [5, 5.41) is 6.19. The molecule has 4 nitrogen and oxygen atoms in total. The van der Waals surface area contributed by atoms with Crippen LogP contribution in [0.25, 0.3) is 0 Å². The first-order valence-electron chi connectivity index (χ1n) is 6.80. The van der Waals surface area contributed by atoms with Crippen molar-refractivity contribution in [3.05, 3.63) is 58.9 Å². The van der Waals surface area contributed by atoms with Gasteiger partial charge in [-0.2, -0.15) is 0 Å². The predicted molar refractivity (Wildman–Crippen MR) is 78.8 cm³/mol. The molecule has 4 heteroatoms. The number of aryl methyl sites for hydroxylation is 1. The van der Waals surface area contributed by atoms with E-state index < -0.39 is 0 Å². The van der Waals surface area contributed by atoms with Gasteiger partial charge in [0.05, 0.1) is 12.2 Å². The molecule has 1 amide bonds. The first-order valence-corrected chi connectivity index (χ1v) is 6.80. The molecule has 0 unspecified atom stereocenters. The summed E-state index contributed by atoms with van der Waals surface area (Å²) < 4.78 is 0. The fraction of sp³-hybridized carbons (Fsp3) is 0.250. The molecule has 0 bridgehead atoms. The average molecular weight is 267 g/mol. The van der Waals surface area contributed by atoms with E-state index in [0.717, 1.165) is 30.0 Å². The predicted octanol–water partition coefficient (Wildman–Crippen LogP) is 2.29. The molecule has 1 aliphatic rings. The zero-order valence-corrected chi connectivity index (χ0v) is 11.4. The number of hydrogen-bond acceptors (Lipinski definition) is 3. The molecule has 2 aromatic rings. The Morgan fingerprint density at radius 3 is 3.10 bits per heavy atom. The molecule has 20 heavy (non-hydrogen) atoms. The van der Waals surface area contributed by atoms with Crippen molar-refractivity contribution in [1.82, 2.24) is 10.3 Å². The topological polar surface area (TPSA) is 54.0 Å². The van der Waals surface area contributed by atoms with E-state index in [2.05, 4.69) is 15.6 Å². The van der Waals surface area contributed by atoms with Crippen molar-refractivity contribution in [3.8, 4) is 0 Å². The average Bonchev–Trinajstić information content (AvgIpc) is 2.92. The Morgan fingerprint density at radius 2 is 2.25 bits per heavy atom. The highest BCUT2D eigenvalue weighted by molar-refractivity contribution is 5.95. The molecule has 0 saturated carbocycles. The van der Waals surface area contributed by atoms with E-state index in [1.807, 2.05) is 43.3 Å². The van der Waals surface area contributed by atoms with Crippen LogP contribution in [0.4, 0.5) is 5.69 Å². The van der Waals surface area contributed by atoms with Gasteiger partial charge in [0.1, 0.15) is 0 Å². The van der Waals surface area contributed by atoms with E-state index in [-0.39, 0.29) is 5.91 Å². The van der Waals surface area contributed by atoms with Crippen molar-refractivity contribution >= 4 is 11.6 Å². The third-order valence-corrected chi connectivity index (χ3v) is 3.46. The fourth-order valence-electron chi connectivity index (χ4n) is 2.40. The lowest BCUT2D eigenvalue weighted by atomic mass is 10.1. The van der Waals surface area contributed by atoms with Gasteiger partial charge in [-0.25, -0.2) is 0 Å². The highest BCUT2D eigenvalue weighted by Gasteiger charge is 2.13. The van der Waals surface area contributed by atoms with Crippen LogP contribution in [0.5, 0.6) is 0 Å². The lowest BCUT2D eigenvalue weighted by molar-refractivity contribution is 0.0950. The van der Waals surface area contributed by atoms with Crippen LogP contribution in [0.2, 0.25) is 0 Å². The van der Waals surface area contributed by atoms with Crippen molar-refractivity contribution in [2.45, 2.75) is 19.9 Å². The summed E-state index contributed by atoms with van der Waals surface area (Å²) in [7, 11) is 0. The molecule has 3 rings (SSSR count). The summed E-state index contributed by atoms with van der Waals surface area (Å²) in [5.74, 6) is -0.0650. The van der Waals surface area contributed by atoms with Gasteiger partial charge >= 0.3 is 0 Å². The number of amides is 1. The monoisotopic (exact) mass is 267 g/mol. The number of carbonyl (C=O) groups excluding carboxylic acids is 1. The van der Waals surface area contributed by atoms with E-state index >= 15 is 0 Å². The number of hydrogen-bond donors (Lipinski definition) is 2. The summed E-state index contributed by atoms with van der Waals surface area (Å²) in [4.78, 5) is 16.5. The smallest absolute Gasteiger partial charge is 0.251 e. The van der Waals surface area contributed by atoms with Crippen LogP contribution in [0.1, 0.15) is 27.3 Å². The lowest BCUT2D eigenvalue weighted by Gasteiger charge is -2.07. The molecular formula is C16H17N3O. The zero-order chi connectivity index (χ0) is 13.9. The maximum absolute atomic E-state index is 12.1. The van der Waals surface area contributed by atoms with Gasteiger partial charge in [-0.3, -0.25) is 9.78 Å². The van der Waals surface area contributed by atoms with Gasteiger partial charge in [-0.1, -0.05) is 12.1 Å². The minimum absolute atomic E-state index is 0.0650. The largest absolute Gasteiger partial charge is 0.384 e. The molecule has 102 valence electrons. The van der Waals surface area contributed by atoms with Gasteiger partial charge in [-0.15, -0.1) is 0 Å². The summed E-state index contributed by atoms with van der Waals surface area (Å²) >= 11 is 0. The Balaban J connectivity index is 1.67. The maximum atomic E-state index is 12.1. The van der Waals surface area contributed by atoms with Crippen LogP contribution < -0.4 is 10.6 Å². The summed E-state index contributed by atoms with van der Waals surface area (Å²) in [6, 6.07) is 11.6. The van der Waals surface area contributed by atoms with Gasteiger partial charge in [-0.05, 0) is 43.2 Å². The van der Waals surface area contributed by atoms with E-state index in [1.54, 1.807) is 0 Å². The second-order valence-corrected chi connectivity index (χ2v) is 5.00. The molecule has 1 aliphatic heterocycles. The molecular weight excluding hydrogens is 250 g/mol. The van der Waals surface area contributed by atoms with Crippen LogP contribution in [-0.2, 0) is 13.0 Å². The molecule has 2 heterocycles. The Kier molecular flexibility index (Phi) is 3.37. The quantitative estimate of drug-likeness (QED) is 0.897. The van der Waals surface area contributed by atoms with E-state index in [1.165, 1.54) is 5.56 Å². The van der Waals surface area contributed by atoms with Gasteiger partial charge in [0.2, 0.25) is 0 Å². The Hall–Kier alpha value is -2.36. The second-order valence-electron chi connectivity index (χ2n) is 5.00. The van der Waals surface area contributed by atoms with E-state index in [9.17, 15) is 4.79 Å². The summed E-state index contributed by atoms with van der Waals surface area (Å²) in [5.41, 5.74) is 4.87. The van der Waals surface area contributed by atoms with Crippen LogP contribution in [0.15, 0.2) is 36.4 Å². The summed E-state index contributed by atoms with van der Waals surface area (Å²) in [6.45, 7) is 3.34. The molecule has 2 N–H and O–H groups in total. The fourth-order valence-corrected chi connectivity index (χ4v) is 2.40. The van der Waals surface area contributed by atoms with E-state index in [4.69, 9.17) is 0 Å². The van der Waals surface area contributed by atoms with Crippen LogP contribution in [0, 0.1) is 6.92 Å². The van der Waals surface area contributed by atoms with Gasteiger partial charge < -0.3 is 10.6 Å². The maximum Gasteiger partial charge on any atom is 0.251 e. The molecule has 0 spiro atoms. The summed E-state index contributed by atoms with van der Waals surface area (Å²) in [6.07, 6.45) is 1.03. The minimum Gasteiger partial charge on any atom is -0.384 e. The van der Waals surface area contributed by atoms with Crippen molar-refractivity contribution < 1.29 is 4.79 Å². The number of fused-ring (bicyclic) bond motifs is 1. The van der Waals surface area contributed by atoms with Gasteiger partial charge in [0.15, 0.2) is 0 Å². The zero-order valence-electron chi connectivity index (χ0n) is 11.4. The number of rotatable bonds is 3. The molecule has 0 atom stereocenters. The third-order valence-electron chi connectivity index (χ3n) is 3.46. The first kappa shape index (κ1) is 12.7. The molecule has 0 saturated heterocycles. The molecule has 0 radical (unpaired) electrons. The van der Waals surface area contributed by atoms with E-state index in [0.29, 0.717) is 12.1 Å². The highest BCUT2D eigenvalue weighted by atomic mass is 16.1. The van der Waals surface area contributed by atoms with Crippen molar-refractivity contribution in [2.75, 3.05) is 11.9 Å². The number of nitrogens with one attached hydrogen (secondary N) is 2. The molecule has 0 aliphatic carbocycles. The first-order chi connectivity index (χ1) is 9.72. The Labute approximate surface area is 118 Å². The number of pyridine rings is 1. The number of benzene rings is 1. The minimum atomic E-state index is -0.0650. The number of carbonyl (C=O) groups is 1. The van der Waals surface area contributed by atoms with Crippen molar-refractivity contribution in [1.29, 1.82) is 0 Å². The Bertz CT molecular complexity index is 652. The van der Waals surface area contributed by atoms with Crippen molar-refractivity contribution in [2.24, 2.45) is 0 Å². The standard InChI is InChI=1S/C16H17N3O/c1-11-3-2-4-14(19-11)10-18-16(20)13-6-5-12-7-8-17-15(12)9-13/h2-6,9,17H,7-8,10H2,1H3,(H,18,20). The number of nitrogens with zero attached hydrogens (tertiary/aromatic N) is 1. The molecule has 0 fully saturated rings. The van der Waals surface area contributed by atoms with Gasteiger partial charge in [0.25, 0.3) is 5.91 Å². The molecule has 1 aromatic carbocycles. The second kappa shape index (κ2) is 5.33. The SMILES string of the molecule is Cc1cccc(CNC(=O)c2ccc3c(c2)NCC3)n1. The van der Waals surface area contributed by atoms with Crippen LogP contribution in [-0.4, -0.2) is 17.4 Å². The third kappa shape index (κ3) is 2.64. The Morgan fingerprint density at radius 1 is 1.35 bits per heavy atom. The number of aromatic nitrogens is 1. The van der Waals surface area contributed by atoms with Crippen LogP contribution >= 0.6 is 0 Å². The lowest BCUT2D eigenvalue weighted by Crippen LogP contribution is -2.23. The van der Waals surface area contributed by atoms with Gasteiger partial charge in [0, 0.05) is 23.5 Å². The normalized spacial score (nSPS) is 12.7. The van der Waals surface area contributed by atoms with Crippen molar-refractivity contribution in [3.63, 3.8) is 0 Å². The molecule has 1 aromatic heterocycles. The van der Waals surface area contributed by atoms with Crippen LogP contribution in [0.3, 0.4) is 0 Å².